The van der Waals surface area contributed by atoms with E-state index in [1.165, 1.54) is 6.08 Å². The van der Waals surface area contributed by atoms with Crippen molar-refractivity contribution in [2.75, 3.05) is 0 Å². The summed E-state index contributed by atoms with van der Waals surface area (Å²) in [4.78, 5) is 0. The second-order valence-electron chi connectivity index (χ2n) is 1.09. The highest BCUT2D eigenvalue weighted by molar-refractivity contribution is 7.81. The van der Waals surface area contributed by atoms with Gasteiger partial charge in [-0.1, -0.05) is 12.7 Å². The third-order valence-corrected chi connectivity index (χ3v) is 0.795. The molecule has 2 N–H and O–H groups in total. The molecular weight excluding hydrogens is 127 g/mol. The molecule has 1 atom stereocenters. The normalized spacial score (nSPS) is 12.9. The van der Waals surface area contributed by atoms with E-state index >= 15 is 0 Å². The van der Waals surface area contributed by atoms with Gasteiger partial charge >= 0.3 is 7.32 Å². The smallest absolute Gasteiger partial charge is 0.402 e. The van der Waals surface area contributed by atoms with Crippen LogP contribution < -0.4 is 0 Å². The molecule has 8 heavy (non-hydrogen) atoms. The second-order valence-corrected chi connectivity index (χ2v) is 1.60. The Morgan fingerprint density at radius 1 is 1.75 bits per heavy atom. The van der Waals surface area contributed by atoms with Gasteiger partial charge in [-0.05, 0) is 0 Å². The highest BCUT2D eigenvalue weighted by Crippen LogP contribution is 1.96. The van der Waals surface area contributed by atoms with Crippen molar-refractivity contribution < 1.29 is 14.7 Å². The van der Waals surface area contributed by atoms with Crippen molar-refractivity contribution in [2.24, 2.45) is 0 Å². The maximum Gasteiger partial charge on any atom is 0.634 e. The summed E-state index contributed by atoms with van der Waals surface area (Å²) >= 11 is 3.71. The Labute approximate surface area is 53.6 Å². The van der Waals surface area contributed by atoms with E-state index in [4.69, 9.17) is 10.0 Å². The fourth-order valence-electron chi connectivity index (χ4n) is 0.180. The summed E-state index contributed by atoms with van der Waals surface area (Å²) in [5.41, 5.74) is -0.616. The molecule has 0 aromatic rings. The van der Waals surface area contributed by atoms with Crippen molar-refractivity contribution in [3.05, 3.63) is 12.7 Å². The minimum absolute atomic E-state index is 0.616. The minimum Gasteiger partial charge on any atom is -0.402 e. The molecule has 3 nitrogen and oxygen atoms in total. The van der Waals surface area contributed by atoms with Crippen molar-refractivity contribution in [2.45, 2.75) is 5.44 Å². The lowest BCUT2D eigenvalue weighted by Crippen LogP contribution is -2.20. The molecule has 0 aromatic carbocycles. The molecule has 0 saturated heterocycles. The SMILES string of the molecule is C=CC(S)OB(O)O. The van der Waals surface area contributed by atoms with E-state index in [0.717, 1.165) is 0 Å². The fourth-order valence-corrected chi connectivity index (χ4v) is 0.289. The molecule has 0 spiro atoms. The van der Waals surface area contributed by atoms with Crippen LogP contribution in [0.5, 0.6) is 0 Å². The quantitative estimate of drug-likeness (QED) is 0.209. The number of rotatable bonds is 3. The van der Waals surface area contributed by atoms with Crippen molar-refractivity contribution in [1.82, 2.24) is 0 Å². The molecule has 0 aliphatic heterocycles. The van der Waals surface area contributed by atoms with Crippen LogP contribution in [0.3, 0.4) is 0 Å². The van der Waals surface area contributed by atoms with Gasteiger partial charge in [0.2, 0.25) is 0 Å². The minimum atomic E-state index is -1.77. The van der Waals surface area contributed by atoms with E-state index in [-0.39, 0.29) is 0 Å². The van der Waals surface area contributed by atoms with Crippen LogP contribution >= 0.6 is 12.6 Å². The van der Waals surface area contributed by atoms with Crippen molar-refractivity contribution in [3.63, 3.8) is 0 Å². The highest BCUT2D eigenvalue weighted by atomic mass is 32.1. The van der Waals surface area contributed by atoms with E-state index in [0.29, 0.717) is 0 Å². The first-order valence-electron chi connectivity index (χ1n) is 1.99. The van der Waals surface area contributed by atoms with Gasteiger partial charge in [0.15, 0.2) is 0 Å². The first-order valence-corrected chi connectivity index (χ1v) is 2.50. The summed E-state index contributed by atoms with van der Waals surface area (Å²) in [6.45, 7) is 3.29. The Kier molecular flexibility index (Phi) is 3.99. The van der Waals surface area contributed by atoms with E-state index < -0.39 is 12.8 Å². The van der Waals surface area contributed by atoms with Crippen molar-refractivity contribution in [3.8, 4) is 0 Å². The summed E-state index contributed by atoms with van der Waals surface area (Å²) in [6, 6.07) is 0. The molecule has 5 heteroatoms. The average Bonchev–Trinajstić information content (AvgIpc) is 1.65. The molecule has 0 saturated carbocycles. The first kappa shape index (κ1) is 8.03. The lowest BCUT2D eigenvalue weighted by atomic mass is 10.3. The predicted molar refractivity (Wildman–Crippen MR) is 34.2 cm³/mol. The molecular formula is C3H7BO3S. The van der Waals surface area contributed by atoms with E-state index in [1.54, 1.807) is 0 Å². The van der Waals surface area contributed by atoms with Gasteiger partial charge in [0.05, 0.1) is 0 Å². The molecule has 0 aliphatic carbocycles. The zero-order valence-corrected chi connectivity index (χ0v) is 5.08. The summed E-state index contributed by atoms with van der Waals surface area (Å²) in [5.74, 6) is 0. The molecule has 0 aliphatic rings. The van der Waals surface area contributed by atoms with Gasteiger partial charge in [-0.3, -0.25) is 0 Å². The Morgan fingerprint density at radius 2 is 2.25 bits per heavy atom. The van der Waals surface area contributed by atoms with Gasteiger partial charge in [0.25, 0.3) is 0 Å². The maximum atomic E-state index is 8.09. The Hall–Kier alpha value is 0.0349. The van der Waals surface area contributed by atoms with Crippen LogP contribution in [0, 0.1) is 0 Å². The van der Waals surface area contributed by atoms with Crippen LogP contribution in [0.1, 0.15) is 0 Å². The Balaban J connectivity index is 3.23. The summed E-state index contributed by atoms with van der Waals surface area (Å²) < 4.78 is 4.26. The number of thiol groups is 1. The van der Waals surface area contributed by atoms with Gasteiger partial charge in [0, 0.05) is 0 Å². The van der Waals surface area contributed by atoms with Crippen LogP contribution in [0.2, 0.25) is 0 Å². The number of hydrogen-bond acceptors (Lipinski definition) is 4. The lowest BCUT2D eigenvalue weighted by Gasteiger charge is -2.03. The fraction of sp³-hybridized carbons (Fsp3) is 0.333. The molecule has 1 unspecified atom stereocenters. The van der Waals surface area contributed by atoms with Gasteiger partial charge in [-0.2, -0.15) is 0 Å². The van der Waals surface area contributed by atoms with Gasteiger partial charge in [-0.15, -0.1) is 12.6 Å². The molecule has 0 fully saturated rings. The standard InChI is InChI=1S/C3H7BO3S/c1-2-3(8)7-4(5)6/h2-3,5-6,8H,1H2. The lowest BCUT2D eigenvalue weighted by molar-refractivity contribution is 0.192. The Morgan fingerprint density at radius 3 is 2.38 bits per heavy atom. The average molecular weight is 134 g/mol. The third kappa shape index (κ3) is 4.20. The molecule has 46 valence electrons. The Bertz CT molecular complexity index is 76.9. The van der Waals surface area contributed by atoms with Crippen LogP contribution in [-0.4, -0.2) is 22.8 Å². The predicted octanol–water partition coefficient (Wildman–Crippen LogP) is -0.586. The number of hydrogen-bond donors (Lipinski definition) is 3. The summed E-state index contributed by atoms with van der Waals surface area (Å²) in [5, 5.41) is 16.2. The highest BCUT2D eigenvalue weighted by Gasteiger charge is 2.10. The van der Waals surface area contributed by atoms with Crippen LogP contribution in [0.4, 0.5) is 0 Å². The maximum absolute atomic E-state index is 8.09. The molecule has 0 aromatic heterocycles. The summed E-state index contributed by atoms with van der Waals surface area (Å²) in [6.07, 6.45) is 1.34. The monoisotopic (exact) mass is 134 g/mol. The molecule has 0 amide bonds. The zero-order valence-electron chi connectivity index (χ0n) is 4.19. The van der Waals surface area contributed by atoms with Gasteiger partial charge < -0.3 is 14.7 Å². The molecule has 0 bridgehead atoms. The molecule has 0 rings (SSSR count). The first-order chi connectivity index (χ1) is 3.66. The van der Waals surface area contributed by atoms with Gasteiger partial charge in [-0.25, -0.2) is 0 Å². The van der Waals surface area contributed by atoms with E-state index in [1.807, 2.05) is 0 Å². The second kappa shape index (κ2) is 3.97. The molecule has 0 heterocycles. The van der Waals surface area contributed by atoms with E-state index in [9.17, 15) is 0 Å². The molecule has 0 radical (unpaired) electrons. The third-order valence-electron chi connectivity index (χ3n) is 0.463. The van der Waals surface area contributed by atoms with Crippen molar-refractivity contribution >= 4 is 20.0 Å². The van der Waals surface area contributed by atoms with Crippen LogP contribution in [0.25, 0.3) is 0 Å². The van der Waals surface area contributed by atoms with Crippen molar-refractivity contribution in [1.29, 1.82) is 0 Å². The van der Waals surface area contributed by atoms with Crippen LogP contribution in [0.15, 0.2) is 12.7 Å². The summed E-state index contributed by atoms with van der Waals surface area (Å²) in [7, 11) is -1.77. The largest absolute Gasteiger partial charge is 0.634 e. The topological polar surface area (TPSA) is 49.7 Å². The van der Waals surface area contributed by atoms with Crippen LogP contribution in [-0.2, 0) is 4.65 Å². The zero-order chi connectivity index (χ0) is 6.57. The van der Waals surface area contributed by atoms with E-state index in [2.05, 4.69) is 23.9 Å². The van der Waals surface area contributed by atoms with Gasteiger partial charge in [0.1, 0.15) is 5.44 Å².